The van der Waals surface area contributed by atoms with Gasteiger partial charge in [-0.2, -0.15) is 0 Å². The summed E-state index contributed by atoms with van der Waals surface area (Å²) < 4.78 is 16.1. The van der Waals surface area contributed by atoms with Crippen molar-refractivity contribution in [1.82, 2.24) is 14.7 Å². The van der Waals surface area contributed by atoms with Crippen LogP contribution in [0.1, 0.15) is 35.6 Å². The molecular formula is C29H26FN3OS. The minimum atomic E-state index is -0.288. The minimum Gasteiger partial charge on any atom is -0.356 e. The van der Waals surface area contributed by atoms with Gasteiger partial charge in [-0.25, -0.2) is 9.37 Å². The molecule has 0 atom stereocenters. The Bertz CT molecular complexity index is 1370. The molecule has 0 saturated heterocycles. The third-order valence-corrected chi connectivity index (χ3v) is 7.09. The summed E-state index contributed by atoms with van der Waals surface area (Å²) in [7, 11) is 0. The van der Waals surface area contributed by atoms with Gasteiger partial charge in [-0.1, -0.05) is 72.8 Å². The van der Waals surface area contributed by atoms with E-state index >= 15 is 0 Å². The van der Waals surface area contributed by atoms with E-state index in [1.807, 2.05) is 28.1 Å². The molecule has 0 aliphatic heterocycles. The number of aryl methyl sites for hydroxylation is 1. The molecule has 1 N–H and O–H groups in total. The lowest BCUT2D eigenvalue weighted by atomic mass is 9.88. The molecule has 3 aromatic carbocycles. The number of halogens is 1. The summed E-state index contributed by atoms with van der Waals surface area (Å²) >= 11 is 1.50. The average Bonchev–Trinajstić information content (AvgIpc) is 3.48. The molecule has 4 nitrogen and oxygen atoms in total. The summed E-state index contributed by atoms with van der Waals surface area (Å²) in [6.45, 7) is 0.606. The van der Waals surface area contributed by atoms with Crippen molar-refractivity contribution >= 4 is 22.2 Å². The first-order chi connectivity index (χ1) is 17.2. The second-order valence-electron chi connectivity index (χ2n) is 8.50. The fourth-order valence-corrected chi connectivity index (χ4v) is 5.30. The fourth-order valence-electron chi connectivity index (χ4n) is 4.39. The lowest BCUT2D eigenvalue weighted by Crippen LogP contribution is -2.26. The molecule has 1 amide bonds. The molecule has 0 bridgehead atoms. The number of carbonyl (C=O) groups excluding carboxylic acids is 1. The molecule has 176 valence electrons. The molecular weight excluding hydrogens is 457 g/mol. The van der Waals surface area contributed by atoms with Gasteiger partial charge < -0.3 is 5.32 Å². The van der Waals surface area contributed by atoms with Crippen LogP contribution in [-0.4, -0.2) is 21.8 Å². The van der Waals surface area contributed by atoms with Crippen molar-refractivity contribution < 1.29 is 9.18 Å². The monoisotopic (exact) mass is 483 g/mol. The highest BCUT2D eigenvalue weighted by atomic mass is 32.1. The molecule has 0 aliphatic carbocycles. The van der Waals surface area contributed by atoms with Crippen molar-refractivity contribution in [1.29, 1.82) is 0 Å². The number of amides is 1. The van der Waals surface area contributed by atoms with Crippen LogP contribution in [0.2, 0.25) is 0 Å². The largest absolute Gasteiger partial charge is 0.356 e. The summed E-state index contributed by atoms with van der Waals surface area (Å²) in [4.78, 5) is 18.0. The van der Waals surface area contributed by atoms with Gasteiger partial charge in [0.25, 0.3) is 0 Å². The molecule has 5 rings (SSSR count). The maximum atomic E-state index is 14.2. The van der Waals surface area contributed by atoms with E-state index in [2.05, 4.69) is 58.8 Å². The van der Waals surface area contributed by atoms with Crippen LogP contribution in [0.15, 0.2) is 96.5 Å². The first-order valence-corrected chi connectivity index (χ1v) is 12.6. The third kappa shape index (κ3) is 5.33. The fraction of sp³-hybridized carbons (Fsp3) is 0.172. The van der Waals surface area contributed by atoms with Crippen LogP contribution >= 0.6 is 11.3 Å². The molecule has 6 heteroatoms. The standard InChI is InChI=1S/C29H26FN3OS/c30-26-14-8-7-13-25(26)27-19-33-23(20-35-29(33)32-27)15-16-28(34)31-18-17-24(21-9-3-1-4-10-21)22-11-5-2-6-12-22/h1-14,19-20,24H,15-18H2,(H,31,34). The molecule has 5 aromatic rings. The van der Waals surface area contributed by atoms with E-state index in [1.165, 1.54) is 28.5 Å². The molecule has 0 unspecified atom stereocenters. The van der Waals surface area contributed by atoms with Gasteiger partial charge in [0.05, 0.1) is 5.69 Å². The Labute approximate surface area is 208 Å². The molecule has 2 aromatic heterocycles. The number of thiazole rings is 1. The van der Waals surface area contributed by atoms with E-state index in [0.29, 0.717) is 30.6 Å². The highest BCUT2D eigenvalue weighted by Crippen LogP contribution is 2.28. The zero-order valence-corrected chi connectivity index (χ0v) is 20.0. The minimum absolute atomic E-state index is 0.0265. The lowest BCUT2D eigenvalue weighted by Gasteiger charge is -2.18. The topological polar surface area (TPSA) is 46.4 Å². The number of carbonyl (C=O) groups is 1. The van der Waals surface area contributed by atoms with E-state index in [-0.39, 0.29) is 17.6 Å². The van der Waals surface area contributed by atoms with Crippen LogP contribution in [0.25, 0.3) is 16.2 Å². The Morgan fingerprint density at radius 3 is 2.29 bits per heavy atom. The molecule has 0 spiro atoms. The summed E-state index contributed by atoms with van der Waals surface area (Å²) in [6, 6.07) is 27.5. The highest BCUT2D eigenvalue weighted by Gasteiger charge is 2.15. The second-order valence-corrected chi connectivity index (χ2v) is 9.33. The quantitative estimate of drug-likeness (QED) is 0.261. The van der Waals surface area contributed by atoms with Crippen LogP contribution in [-0.2, 0) is 11.2 Å². The maximum absolute atomic E-state index is 14.2. The van der Waals surface area contributed by atoms with E-state index in [1.54, 1.807) is 18.2 Å². The van der Waals surface area contributed by atoms with Gasteiger partial charge in [0.15, 0.2) is 4.96 Å². The van der Waals surface area contributed by atoms with Crippen LogP contribution < -0.4 is 5.32 Å². The number of fused-ring (bicyclic) bond motifs is 1. The highest BCUT2D eigenvalue weighted by molar-refractivity contribution is 7.15. The van der Waals surface area contributed by atoms with Crippen molar-refractivity contribution in [2.75, 3.05) is 6.54 Å². The van der Waals surface area contributed by atoms with Gasteiger partial charge in [0.1, 0.15) is 5.82 Å². The molecule has 0 saturated carbocycles. The SMILES string of the molecule is O=C(CCc1csc2nc(-c3ccccc3F)cn12)NCCC(c1ccccc1)c1ccccc1. The maximum Gasteiger partial charge on any atom is 0.220 e. The number of nitrogens with one attached hydrogen (secondary N) is 1. The number of benzene rings is 3. The number of rotatable bonds is 9. The predicted molar refractivity (Wildman–Crippen MR) is 139 cm³/mol. The number of hydrogen-bond acceptors (Lipinski definition) is 3. The Kier molecular flexibility index (Phi) is 7.00. The van der Waals surface area contributed by atoms with Crippen LogP contribution in [0, 0.1) is 5.82 Å². The number of hydrogen-bond donors (Lipinski definition) is 1. The molecule has 2 heterocycles. The van der Waals surface area contributed by atoms with Crippen molar-refractivity contribution in [3.63, 3.8) is 0 Å². The Balaban J connectivity index is 1.19. The molecule has 0 fully saturated rings. The van der Waals surface area contributed by atoms with Crippen molar-refractivity contribution in [2.24, 2.45) is 0 Å². The van der Waals surface area contributed by atoms with Crippen LogP contribution in [0.4, 0.5) is 4.39 Å². The van der Waals surface area contributed by atoms with Gasteiger partial charge >= 0.3 is 0 Å². The second kappa shape index (κ2) is 10.7. The normalized spacial score (nSPS) is 11.3. The van der Waals surface area contributed by atoms with Crippen LogP contribution in [0.5, 0.6) is 0 Å². The Morgan fingerprint density at radius 1 is 0.943 bits per heavy atom. The van der Waals surface area contributed by atoms with Gasteiger partial charge in [-0.3, -0.25) is 9.20 Å². The summed E-state index contributed by atoms with van der Waals surface area (Å²) in [6.07, 6.45) is 3.66. The van der Waals surface area contributed by atoms with E-state index in [0.717, 1.165) is 17.1 Å². The van der Waals surface area contributed by atoms with E-state index in [9.17, 15) is 9.18 Å². The van der Waals surface area contributed by atoms with Gasteiger partial charge in [-0.05, 0) is 36.1 Å². The molecule has 35 heavy (non-hydrogen) atoms. The smallest absolute Gasteiger partial charge is 0.220 e. The molecule has 0 aliphatic rings. The van der Waals surface area contributed by atoms with Crippen molar-refractivity contribution in [3.05, 3.63) is 119 Å². The van der Waals surface area contributed by atoms with E-state index in [4.69, 9.17) is 0 Å². The number of aromatic nitrogens is 2. The lowest BCUT2D eigenvalue weighted by molar-refractivity contribution is -0.121. The van der Waals surface area contributed by atoms with Crippen LogP contribution in [0.3, 0.4) is 0 Å². The van der Waals surface area contributed by atoms with Crippen molar-refractivity contribution in [2.45, 2.75) is 25.2 Å². The number of nitrogens with zero attached hydrogens (tertiary/aromatic N) is 2. The van der Waals surface area contributed by atoms with Crippen molar-refractivity contribution in [3.8, 4) is 11.3 Å². The van der Waals surface area contributed by atoms with Gasteiger partial charge in [0.2, 0.25) is 5.91 Å². The summed E-state index contributed by atoms with van der Waals surface area (Å²) in [5.74, 6) is -0.0286. The molecule has 0 radical (unpaired) electrons. The Morgan fingerprint density at radius 2 is 1.60 bits per heavy atom. The summed E-state index contributed by atoms with van der Waals surface area (Å²) in [5, 5.41) is 5.11. The first-order valence-electron chi connectivity index (χ1n) is 11.8. The zero-order chi connectivity index (χ0) is 24.0. The first kappa shape index (κ1) is 23.0. The zero-order valence-electron chi connectivity index (χ0n) is 19.2. The van der Waals surface area contributed by atoms with Gasteiger partial charge in [0, 0.05) is 41.7 Å². The Hall–Kier alpha value is -3.77. The number of imidazole rings is 1. The van der Waals surface area contributed by atoms with Gasteiger partial charge in [-0.15, -0.1) is 11.3 Å². The third-order valence-electron chi connectivity index (χ3n) is 6.20. The summed E-state index contributed by atoms with van der Waals surface area (Å²) in [5.41, 5.74) is 4.59. The average molecular weight is 484 g/mol. The predicted octanol–water partition coefficient (Wildman–Crippen LogP) is 6.47. The van der Waals surface area contributed by atoms with E-state index < -0.39 is 0 Å².